The Hall–Kier alpha value is -2.93. The number of aliphatic imine (C=N–C) groups is 1. The number of halogens is 2. The van der Waals surface area contributed by atoms with E-state index in [1.807, 2.05) is 68.5 Å². The average Bonchev–Trinajstić information content (AvgIpc) is 3.15. The van der Waals surface area contributed by atoms with Gasteiger partial charge in [0, 0.05) is 12.1 Å². The largest absolute Gasteiger partial charge is 0.493 e. The zero-order chi connectivity index (χ0) is 25.7. The second-order valence-corrected chi connectivity index (χ2v) is 10.0. The van der Waals surface area contributed by atoms with Crippen molar-refractivity contribution in [2.24, 2.45) is 4.99 Å². The molecule has 0 atom stereocenters. The van der Waals surface area contributed by atoms with Crippen LogP contribution in [0.15, 0.2) is 70.6 Å². The zero-order valence-electron chi connectivity index (χ0n) is 20.3. The summed E-state index contributed by atoms with van der Waals surface area (Å²) in [7, 11) is 1.59. The first-order chi connectivity index (χ1) is 17.4. The highest BCUT2D eigenvalue weighted by molar-refractivity contribution is 8.18. The molecule has 1 heterocycles. The molecule has 4 rings (SSSR count). The molecule has 36 heavy (non-hydrogen) atoms. The lowest BCUT2D eigenvalue weighted by atomic mass is 10.1. The predicted molar refractivity (Wildman–Crippen MR) is 150 cm³/mol. The third-order valence-corrected chi connectivity index (χ3v) is 7.22. The van der Waals surface area contributed by atoms with Gasteiger partial charge in [0.1, 0.15) is 6.61 Å². The van der Waals surface area contributed by atoms with Crippen LogP contribution < -0.4 is 9.47 Å². The van der Waals surface area contributed by atoms with Crippen LogP contribution in [0.2, 0.25) is 10.0 Å². The summed E-state index contributed by atoms with van der Waals surface area (Å²) < 4.78 is 11.7. The van der Waals surface area contributed by atoms with Crippen LogP contribution in [0.4, 0.5) is 5.69 Å². The number of hydrogen-bond acceptors (Lipinski definition) is 5. The van der Waals surface area contributed by atoms with Crippen LogP contribution in [0.3, 0.4) is 0 Å². The first-order valence-corrected chi connectivity index (χ1v) is 13.1. The van der Waals surface area contributed by atoms with E-state index in [1.165, 1.54) is 11.8 Å². The lowest BCUT2D eigenvalue weighted by molar-refractivity contribution is -0.122. The van der Waals surface area contributed by atoms with Crippen LogP contribution in [-0.4, -0.2) is 29.6 Å². The van der Waals surface area contributed by atoms with Gasteiger partial charge in [-0.3, -0.25) is 9.69 Å². The number of amides is 1. The van der Waals surface area contributed by atoms with Gasteiger partial charge in [0.2, 0.25) is 0 Å². The molecule has 0 radical (unpaired) electrons. The van der Waals surface area contributed by atoms with Crippen LogP contribution in [0.25, 0.3) is 6.08 Å². The molecule has 5 nitrogen and oxygen atoms in total. The molecule has 1 amide bonds. The summed E-state index contributed by atoms with van der Waals surface area (Å²) in [4.78, 5) is 20.4. The number of hydrogen-bond donors (Lipinski definition) is 0. The quantitative estimate of drug-likeness (QED) is 0.272. The number of rotatable bonds is 8. The molecule has 0 aliphatic carbocycles. The van der Waals surface area contributed by atoms with E-state index in [0.717, 1.165) is 28.8 Å². The predicted octanol–water partition coefficient (Wildman–Crippen LogP) is 7.90. The number of benzene rings is 3. The van der Waals surface area contributed by atoms with Crippen LogP contribution in [-0.2, 0) is 11.4 Å². The second kappa shape index (κ2) is 11.9. The van der Waals surface area contributed by atoms with Crippen molar-refractivity contribution < 1.29 is 14.3 Å². The normalized spacial score (nSPS) is 15.7. The number of methoxy groups -OCH3 is 1. The number of aryl methyl sites for hydroxylation is 1. The van der Waals surface area contributed by atoms with Crippen LogP contribution in [0.5, 0.6) is 11.5 Å². The maximum Gasteiger partial charge on any atom is 0.266 e. The van der Waals surface area contributed by atoms with Crippen molar-refractivity contribution in [1.82, 2.24) is 4.90 Å². The summed E-state index contributed by atoms with van der Waals surface area (Å²) in [6.07, 6.45) is 2.66. The lowest BCUT2D eigenvalue weighted by Gasteiger charge is -2.14. The van der Waals surface area contributed by atoms with Gasteiger partial charge in [-0.1, -0.05) is 66.0 Å². The van der Waals surface area contributed by atoms with Gasteiger partial charge in [0.25, 0.3) is 5.91 Å². The van der Waals surface area contributed by atoms with E-state index in [4.69, 9.17) is 37.7 Å². The van der Waals surface area contributed by atoms with Crippen LogP contribution in [0, 0.1) is 6.92 Å². The molecule has 1 saturated heterocycles. The Morgan fingerprint density at radius 2 is 1.83 bits per heavy atom. The molecule has 0 spiro atoms. The Bertz CT molecular complexity index is 1320. The number of carbonyl (C=O) groups is 1. The SMILES string of the molecule is CCCN1C(=O)/C(=C\c2cccc(OC)c2OCc2ccc(Cl)c(Cl)c2)SC1=Nc1ccc(C)cc1. The fraction of sp³-hybridized carbons (Fsp3) is 0.214. The third kappa shape index (κ3) is 6.06. The van der Waals surface area contributed by atoms with Crippen LogP contribution in [0.1, 0.15) is 30.0 Å². The fourth-order valence-corrected chi connectivity index (χ4v) is 4.97. The van der Waals surface area contributed by atoms with Crippen molar-refractivity contribution in [2.45, 2.75) is 26.9 Å². The standard InChI is InChI=1S/C28H26Cl2N2O3S/c1-4-14-32-27(33)25(36-28(32)31-21-11-8-18(2)9-12-21)16-20-6-5-7-24(34-3)26(20)35-17-19-10-13-22(29)23(30)15-19/h5-13,15-16H,4,14,17H2,1-3H3/b25-16+,31-28?. The molecule has 3 aromatic carbocycles. The van der Waals surface area contributed by atoms with Crippen molar-refractivity contribution in [2.75, 3.05) is 13.7 Å². The first-order valence-electron chi connectivity index (χ1n) is 11.5. The zero-order valence-corrected chi connectivity index (χ0v) is 22.6. The summed E-state index contributed by atoms with van der Waals surface area (Å²) >= 11 is 13.6. The highest BCUT2D eigenvalue weighted by atomic mass is 35.5. The molecule has 0 unspecified atom stereocenters. The summed E-state index contributed by atoms with van der Waals surface area (Å²) in [5, 5.41) is 1.61. The van der Waals surface area contributed by atoms with Crippen molar-refractivity contribution in [3.63, 3.8) is 0 Å². The topological polar surface area (TPSA) is 51.1 Å². The molecular formula is C28H26Cl2N2O3S. The molecule has 1 fully saturated rings. The van der Waals surface area contributed by atoms with E-state index < -0.39 is 0 Å². The minimum atomic E-state index is -0.0778. The van der Waals surface area contributed by atoms with Crippen LogP contribution >= 0.6 is 35.0 Å². The highest BCUT2D eigenvalue weighted by Crippen LogP contribution is 2.39. The smallest absolute Gasteiger partial charge is 0.266 e. The number of para-hydroxylation sites is 1. The van der Waals surface area contributed by atoms with E-state index in [9.17, 15) is 4.79 Å². The number of amidine groups is 1. The maximum atomic E-state index is 13.3. The van der Waals surface area contributed by atoms with Gasteiger partial charge in [0.05, 0.1) is 27.7 Å². The maximum absolute atomic E-state index is 13.3. The van der Waals surface area contributed by atoms with Gasteiger partial charge >= 0.3 is 0 Å². The van der Waals surface area contributed by atoms with E-state index in [0.29, 0.717) is 38.2 Å². The monoisotopic (exact) mass is 540 g/mol. The molecule has 8 heteroatoms. The second-order valence-electron chi connectivity index (χ2n) is 8.21. The van der Waals surface area contributed by atoms with E-state index in [1.54, 1.807) is 24.1 Å². The minimum Gasteiger partial charge on any atom is -0.493 e. The highest BCUT2D eigenvalue weighted by Gasteiger charge is 2.33. The summed E-state index contributed by atoms with van der Waals surface area (Å²) in [5.41, 5.74) is 3.57. The Labute approximate surface area is 225 Å². The van der Waals surface area contributed by atoms with E-state index in [-0.39, 0.29) is 12.5 Å². The molecule has 186 valence electrons. The van der Waals surface area contributed by atoms with Gasteiger partial charge in [-0.2, -0.15) is 0 Å². The number of carbonyl (C=O) groups excluding carboxylic acids is 1. The lowest BCUT2D eigenvalue weighted by Crippen LogP contribution is -2.29. The molecule has 0 N–H and O–H groups in total. The number of ether oxygens (including phenoxy) is 2. The molecule has 0 aromatic heterocycles. The Kier molecular flexibility index (Phi) is 8.62. The average molecular weight is 542 g/mol. The van der Waals surface area contributed by atoms with Gasteiger partial charge in [0.15, 0.2) is 16.7 Å². The summed E-state index contributed by atoms with van der Waals surface area (Å²) in [6, 6.07) is 18.9. The molecule has 0 bridgehead atoms. The van der Waals surface area contributed by atoms with Crippen molar-refractivity contribution in [3.05, 3.63) is 92.3 Å². The Morgan fingerprint density at radius 3 is 2.53 bits per heavy atom. The third-order valence-electron chi connectivity index (χ3n) is 5.48. The first kappa shape index (κ1) is 26.1. The van der Waals surface area contributed by atoms with Gasteiger partial charge < -0.3 is 9.47 Å². The van der Waals surface area contributed by atoms with E-state index in [2.05, 4.69) is 0 Å². The van der Waals surface area contributed by atoms with Gasteiger partial charge in [-0.25, -0.2) is 4.99 Å². The molecule has 1 aliphatic heterocycles. The van der Waals surface area contributed by atoms with Gasteiger partial charge in [-0.15, -0.1) is 0 Å². The van der Waals surface area contributed by atoms with E-state index >= 15 is 0 Å². The van der Waals surface area contributed by atoms with Crippen molar-refractivity contribution in [1.29, 1.82) is 0 Å². The van der Waals surface area contributed by atoms with Gasteiger partial charge in [-0.05, 0) is 67.1 Å². The van der Waals surface area contributed by atoms with Crippen molar-refractivity contribution in [3.8, 4) is 11.5 Å². The fourth-order valence-electron chi connectivity index (χ4n) is 3.63. The molecule has 0 saturated carbocycles. The number of thioether (sulfide) groups is 1. The molecule has 1 aliphatic rings. The summed E-state index contributed by atoms with van der Waals surface area (Å²) in [5.74, 6) is 1.03. The Morgan fingerprint density at radius 1 is 1.06 bits per heavy atom. The van der Waals surface area contributed by atoms with Crippen molar-refractivity contribution >= 4 is 57.8 Å². The molecule has 3 aromatic rings. The Balaban J connectivity index is 1.65. The minimum absolute atomic E-state index is 0.0778. The summed E-state index contributed by atoms with van der Waals surface area (Å²) in [6.45, 7) is 4.92. The number of nitrogens with zero attached hydrogens (tertiary/aromatic N) is 2. The molecular weight excluding hydrogens is 515 g/mol.